The molecule has 0 bridgehead atoms. The van der Waals surface area contributed by atoms with Crippen LogP contribution in [-0.2, 0) is 18.8 Å². The topological polar surface area (TPSA) is 20.2 Å². The van der Waals surface area contributed by atoms with Crippen LogP contribution in [0.2, 0.25) is 0 Å². The van der Waals surface area contributed by atoms with Crippen molar-refractivity contribution in [3.63, 3.8) is 0 Å². The SMILES string of the molecule is CC(C)O.[Cl][Pt]. The van der Waals surface area contributed by atoms with Crippen LogP contribution >= 0.6 is 9.42 Å². The van der Waals surface area contributed by atoms with E-state index in [0.29, 0.717) is 0 Å². The second kappa shape index (κ2) is 9.34. The molecule has 0 amide bonds. The Balaban J connectivity index is 0. The molecule has 0 aromatic carbocycles. The Morgan fingerprint density at radius 1 is 1.50 bits per heavy atom. The van der Waals surface area contributed by atoms with Crippen LogP contribution in [0.25, 0.3) is 0 Å². The third-order valence-electron chi connectivity index (χ3n) is 0. The van der Waals surface area contributed by atoms with Gasteiger partial charge in [0.05, 0.1) is 0 Å². The first-order chi connectivity index (χ1) is 2.73. The first-order valence-corrected chi connectivity index (χ1v) is 4.35. The average Bonchev–Trinajstić information content (AvgIpc) is 1.41. The van der Waals surface area contributed by atoms with Gasteiger partial charge in [0.2, 0.25) is 0 Å². The van der Waals surface area contributed by atoms with Crippen molar-refractivity contribution < 1.29 is 23.9 Å². The van der Waals surface area contributed by atoms with E-state index in [2.05, 4.69) is 9.42 Å². The summed E-state index contributed by atoms with van der Waals surface area (Å²) < 4.78 is 0. The number of aliphatic hydroxyl groups is 1. The number of rotatable bonds is 0. The monoisotopic (exact) mass is 290 g/mol. The average molecular weight is 291 g/mol. The molecule has 0 aliphatic carbocycles. The van der Waals surface area contributed by atoms with E-state index in [1.54, 1.807) is 32.6 Å². The Morgan fingerprint density at radius 2 is 1.50 bits per heavy atom. The predicted molar refractivity (Wildman–Crippen MR) is 23.2 cm³/mol. The van der Waals surface area contributed by atoms with Crippen molar-refractivity contribution in [2.45, 2.75) is 20.0 Å². The number of hydrogen-bond acceptors (Lipinski definition) is 1. The molecule has 43 valence electrons. The molecule has 1 N–H and O–H groups in total. The summed E-state index contributed by atoms with van der Waals surface area (Å²) >= 11 is 1.61. The van der Waals surface area contributed by atoms with Gasteiger partial charge in [-0.2, -0.15) is 0 Å². The van der Waals surface area contributed by atoms with E-state index in [1.165, 1.54) is 0 Å². The van der Waals surface area contributed by atoms with E-state index < -0.39 is 0 Å². The molecule has 0 atom stereocenters. The van der Waals surface area contributed by atoms with Crippen LogP contribution < -0.4 is 0 Å². The van der Waals surface area contributed by atoms with Crippen molar-refractivity contribution in [3.05, 3.63) is 0 Å². The van der Waals surface area contributed by atoms with Crippen molar-refractivity contribution in [3.8, 4) is 0 Å². The molecule has 3 heteroatoms. The number of aliphatic hydroxyl groups excluding tert-OH is 1. The molecule has 0 saturated carbocycles. The van der Waals surface area contributed by atoms with Crippen LogP contribution in [-0.4, -0.2) is 11.2 Å². The molecule has 0 spiro atoms. The summed E-state index contributed by atoms with van der Waals surface area (Å²) in [4.78, 5) is 0. The van der Waals surface area contributed by atoms with Crippen LogP contribution in [0, 0.1) is 0 Å². The van der Waals surface area contributed by atoms with Crippen molar-refractivity contribution in [1.29, 1.82) is 0 Å². The summed E-state index contributed by atoms with van der Waals surface area (Å²) in [6.07, 6.45) is -0.167. The Kier molecular flexibility index (Phi) is 15.6. The normalized spacial score (nSPS) is 7.17. The molecule has 0 rings (SSSR count). The first kappa shape index (κ1) is 10.0. The maximum atomic E-state index is 8.06. The van der Waals surface area contributed by atoms with E-state index in [9.17, 15) is 0 Å². The molecule has 0 fully saturated rings. The number of hydrogen-bond donors (Lipinski definition) is 1. The fourth-order valence-electron chi connectivity index (χ4n) is 0. The molecule has 0 heterocycles. The quantitative estimate of drug-likeness (QED) is 0.708. The van der Waals surface area contributed by atoms with Gasteiger partial charge in [0.15, 0.2) is 0 Å². The van der Waals surface area contributed by atoms with Crippen LogP contribution in [0.15, 0.2) is 0 Å². The third-order valence-corrected chi connectivity index (χ3v) is 0. The van der Waals surface area contributed by atoms with E-state index in [0.717, 1.165) is 0 Å². The van der Waals surface area contributed by atoms with Gasteiger partial charge in [0.1, 0.15) is 0 Å². The summed E-state index contributed by atoms with van der Waals surface area (Å²) in [6, 6.07) is 0. The Hall–Kier alpha value is 0.938. The molecular formula is C3H8ClOPt. The fraction of sp³-hybridized carbons (Fsp3) is 1.00. The summed E-state index contributed by atoms with van der Waals surface area (Å²) in [5, 5.41) is 8.06. The molecule has 0 aromatic heterocycles. The van der Waals surface area contributed by atoms with Crippen LogP contribution in [0.4, 0.5) is 0 Å². The summed E-state index contributed by atoms with van der Waals surface area (Å²) in [5.74, 6) is 0. The van der Waals surface area contributed by atoms with E-state index >= 15 is 0 Å². The molecule has 0 radical (unpaired) electrons. The fourth-order valence-corrected chi connectivity index (χ4v) is 0. The molecule has 0 aliphatic rings. The summed E-state index contributed by atoms with van der Waals surface area (Å²) in [5.41, 5.74) is 0. The van der Waals surface area contributed by atoms with Crippen molar-refractivity contribution in [2.24, 2.45) is 0 Å². The van der Waals surface area contributed by atoms with Crippen LogP contribution in [0.5, 0.6) is 0 Å². The maximum absolute atomic E-state index is 8.06. The van der Waals surface area contributed by atoms with Crippen molar-refractivity contribution in [1.82, 2.24) is 0 Å². The van der Waals surface area contributed by atoms with E-state index in [1.807, 2.05) is 0 Å². The summed E-state index contributed by atoms with van der Waals surface area (Å²) in [7, 11) is 4.61. The molecule has 0 aliphatic heterocycles. The number of halogens is 1. The van der Waals surface area contributed by atoms with E-state index in [4.69, 9.17) is 5.11 Å². The van der Waals surface area contributed by atoms with Gasteiger partial charge in [-0.25, -0.2) is 0 Å². The van der Waals surface area contributed by atoms with Gasteiger partial charge in [-0.15, -0.1) is 0 Å². The van der Waals surface area contributed by atoms with Gasteiger partial charge in [-0.1, -0.05) is 0 Å². The zero-order valence-electron chi connectivity index (χ0n) is 3.72. The summed E-state index contributed by atoms with van der Waals surface area (Å²) in [6.45, 7) is 3.44. The Bertz CT molecular complexity index is 15.5. The van der Waals surface area contributed by atoms with E-state index in [-0.39, 0.29) is 6.10 Å². The van der Waals surface area contributed by atoms with Crippen LogP contribution in [0.1, 0.15) is 13.8 Å². The van der Waals surface area contributed by atoms with Crippen molar-refractivity contribution in [2.75, 3.05) is 0 Å². The second-order valence-corrected chi connectivity index (χ2v) is 1.09. The molecule has 0 unspecified atom stereocenters. The minimum absolute atomic E-state index is 0.167. The van der Waals surface area contributed by atoms with Crippen molar-refractivity contribution >= 4 is 9.42 Å². The Morgan fingerprint density at radius 3 is 1.50 bits per heavy atom. The van der Waals surface area contributed by atoms with Gasteiger partial charge in [-0.3, -0.25) is 0 Å². The standard InChI is InChI=1S/C3H8O.ClH.Pt/c1-3(2)4;;/h3-4H,1-2H3;1H;/q;;+1/p-1. The molecule has 0 saturated heterocycles. The Labute approximate surface area is 53.5 Å². The third kappa shape index (κ3) is 87.0. The molecular weight excluding hydrogens is 283 g/mol. The zero-order chi connectivity index (χ0) is 5.58. The molecule has 1 nitrogen and oxygen atoms in total. The minimum atomic E-state index is -0.167. The van der Waals surface area contributed by atoms with Gasteiger partial charge in [0, 0.05) is 6.10 Å². The molecule has 0 aromatic rings. The van der Waals surface area contributed by atoms with Gasteiger partial charge in [-0.05, 0) is 13.8 Å². The second-order valence-electron chi connectivity index (χ2n) is 1.09. The van der Waals surface area contributed by atoms with Gasteiger partial charge in [0.25, 0.3) is 0 Å². The first-order valence-electron chi connectivity index (χ1n) is 1.53. The molecule has 6 heavy (non-hydrogen) atoms. The van der Waals surface area contributed by atoms with Crippen LogP contribution in [0.3, 0.4) is 0 Å². The van der Waals surface area contributed by atoms with Gasteiger partial charge < -0.3 is 5.11 Å². The van der Waals surface area contributed by atoms with Gasteiger partial charge >= 0.3 is 28.2 Å². The zero-order valence-corrected chi connectivity index (χ0v) is 6.75. The predicted octanol–water partition coefficient (Wildman–Crippen LogP) is 1.07.